The topological polar surface area (TPSA) is 57.2 Å². The number of hydrogen-bond acceptors (Lipinski definition) is 3. The summed E-state index contributed by atoms with van der Waals surface area (Å²) in [5.74, 6) is 0. The Labute approximate surface area is 134 Å². The van der Waals surface area contributed by atoms with Gasteiger partial charge in [-0.2, -0.15) is 0 Å². The van der Waals surface area contributed by atoms with E-state index in [1.54, 1.807) is 0 Å². The summed E-state index contributed by atoms with van der Waals surface area (Å²) in [5, 5.41) is 0. The molecule has 5 heteroatoms. The van der Waals surface area contributed by atoms with Gasteiger partial charge in [0.1, 0.15) is 0 Å². The van der Waals surface area contributed by atoms with Gasteiger partial charge >= 0.3 is 0 Å². The average Bonchev–Trinajstić information content (AvgIpc) is 2.45. The Morgan fingerprint density at radius 1 is 0.667 bits per heavy atom. The number of hydrogen-bond donors (Lipinski definition) is 1. The zero-order valence-corrected chi connectivity index (χ0v) is 15.5. The third kappa shape index (κ3) is 16.1. The molecule has 0 aromatic heterocycles. The van der Waals surface area contributed by atoms with Gasteiger partial charge in [0, 0.05) is 0 Å². The Morgan fingerprint density at radius 2 is 0.857 bits per heavy atom. The number of rotatable bonds is 12. The first-order valence-electron chi connectivity index (χ1n) is 8.64. The molecule has 0 aromatic rings. The molecule has 0 fully saturated rings. The highest BCUT2D eigenvalue weighted by atomic mass is 32.2. The van der Waals surface area contributed by atoms with E-state index in [-0.39, 0.29) is 0 Å². The van der Waals surface area contributed by atoms with Crippen LogP contribution in [-0.2, 0) is 11.0 Å². The third-order valence-corrected chi connectivity index (χ3v) is 3.94. The van der Waals surface area contributed by atoms with Gasteiger partial charge in [0.25, 0.3) is 0 Å². The lowest BCUT2D eigenvalue weighted by Crippen LogP contribution is -2.50. The lowest BCUT2D eigenvalue weighted by atomic mass is 10.1. The second-order valence-electron chi connectivity index (χ2n) is 5.87. The van der Waals surface area contributed by atoms with Crippen molar-refractivity contribution in [3.05, 3.63) is 0 Å². The van der Waals surface area contributed by atoms with Gasteiger partial charge in [-0.15, -0.1) is 0 Å². The van der Waals surface area contributed by atoms with Gasteiger partial charge in [-0.3, -0.25) is 0 Å². The molecular formula is C16H37NO3S. The fourth-order valence-corrected chi connectivity index (χ4v) is 2.64. The quantitative estimate of drug-likeness (QED) is 0.338. The van der Waals surface area contributed by atoms with Crippen LogP contribution in [0.2, 0.25) is 0 Å². The van der Waals surface area contributed by atoms with E-state index in [2.05, 4.69) is 27.7 Å². The SMILES string of the molecule is CCCC[N+](CCCC)(CCCC)CCCC.O=[SH](=O)[O-]. The lowest BCUT2D eigenvalue weighted by molar-refractivity contribution is -0.929. The van der Waals surface area contributed by atoms with E-state index < -0.39 is 11.0 Å². The smallest absolute Gasteiger partial charge is 0.0832 e. The van der Waals surface area contributed by atoms with Gasteiger partial charge in [0.05, 0.1) is 37.2 Å². The molecule has 4 nitrogen and oxygen atoms in total. The van der Waals surface area contributed by atoms with Crippen LogP contribution in [0.1, 0.15) is 79.1 Å². The van der Waals surface area contributed by atoms with Crippen molar-refractivity contribution in [1.82, 2.24) is 0 Å². The van der Waals surface area contributed by atoms with Gasteiger partial charge < -0.3 is 9.04 Å². The maximum atomic E-state index is 8.48. The Hall–Kier alpha value is -0.130. The standard InChI is InChI=1S/C16H36N.H2O3S/c1-5-9-13-17(14-10-6-2,15-11-7-3)16-12-8-4;1-4(2)3/h5-16H2,1-4H3;4H,(H,1,2,3)/q+1;/p-1. The maximum Gasteiger partial charge on any atom is 0.0832 e. The first kappa shape index (κ1) is 23.1. The summed E-state index contributed by atoms with van der Waals surface area (Å²) < 4.78 is 26.9. The highest BCUT2D eigenvalue weighted by Crippen LogP contribution is 2.16. The average molecular weight is 324 g/mol. The van der Waals surface area contributed by atoms with Crippen LogP contribution in [0.4, 0.5) is 0 Å². The molecule has 0 radical (unpaired) electrons. The third-order valence-electron chi connectivity index (χ3n) is 3.94. The fraction of sp³-hybridized carbons (Fsp3) is 1.00. The highest BCUT2D eigenvalue weighted by Gasteiger charge is 2.24. The summed E-state index contributed by atoms with van der Waals surface area (Å²) in [6, 6.07) is 0. The number of thiol groups is 1. The summed E-state index contributed by atoms with van der Waals surface area (Å²) in [4.78, 5) is 0. The van der Waals surface area contributed by atoms with Crippen LogP contribution in [0.25, 0.3) is 0 Å². The van der Waals surface area contributed by atoms with E-state index in [0.717, 1.165) is 0 Å². The predicted molar refractivity (Wildman–Crippen MR) is 90.5 cm³/mol. The molecule has 0 spiro atoms. The molecule has 0 atom stereocenters. The van der Waals surface area contributed by atoms with Crippen LogP contribution in [0.15, 0.2) is 0 Å². The molecule has 0 aliphatic carbocycles. The molecule has 0 amide bonds. The van der Waals surface area contributed by atoms with Crippen LogP contribution >= 0.6 is 0 Å². The van der Waals surface area contributed by atoms with Crippen LogP contribution in [0.5, 0.6) is 0 Å². The molecule has 0 aromatic carbocycles. The summed E-state index contributed by atoms with van der Waals surface area (Å²) in [6.45, 7) is 15.0. The van der Waals surface area contributed by atoms with Gasteiger partial charge in [-0.1, -0.05) is 53.4 Å². The van der Waals surface area contributed by atoms with Crippen molar-refractivity contribution in [2.24, 2.45) is 0 Å². The first-order chi connectivity index (χ1) is 9.97. The summed E-state index contributed by atoms with van der Waals surface area (Å²) in [5.41, 5.74) is 0. The molecule has 0 N–H and O–H groups in total. The normalized spacial score (nSPS) is 11.3. The predicted octanol–water partition coefficient (Wildman–Crippen LogP) is 3.73. The first-order valence-corrected chi connectivity index (χ1v) is 9.74. The van der Waals surface area contributed by atoms with Crippen LogP contribution in [0, 0.1) is 0 Å². The van der Waals surface area contributed by atoms with Crippen molar-refractivity contribution >= 4 is 11.0 Å². The van der Waals surface area contributed by atoms with Gasteiger partial charge in [0.2, 0.25) is 0 Å². The molecule has 0 bridgehead atoms. The van der Waals surface area contributed by atoms with Crippen LogP contribution in [0.3, 0.4) is 0 Å². The van der Waals surface area contributed by atoms with E-state index >= 15 is 0 Å². The van der Waals surface area contributed by atoms with Crippen LogP contribution in [-0.4, -0.2) is 43.6 Å². The molecule has 0 aliphatic rings. The van der Waals surface area contributed by atoms with Crippen molar-refractivity contribution in [1.29, 1.82) is 0 Å². The molecule has 21 heavy (non-hydrogen) atoms. The summed E-state index contributed by atoms with van der Waals surface area (Å²) in [7, 11) is -3.37. The molecule has 0 rings (SSSR count). The van der Waals surface area contributed by atoms with Crippen molar-refractivity contribution in [3.63, 3.8) is 0 Å². The van der Waals surface area contributed by atoms with E-state index in [4.69, 9.17) is 13.0 Å². The Morgan fingerprint density at radius 3 is 1.00 bits per heavy atom. The molecule has 0 saturated carbocycles. The van der Waals surface area contributed by atoms with Crippen molar-refractivity contribution in [3.8, 4) is 0 Å². The molecule has 0 saturated heterocycles. The van der Waals surface area contributed by atoms with Crippen LogP contribution < -0.4 is 0 Å². The summed E-state index contributed by atoms with van der Waals surface area (Å²) in [6.07, 6.45) is 11.1. The van der Waals surface area contributed by atoms with Gasteiger partial charge in [-0.25, -0.2) is 8.42 Å². The monoisotopic (exact) mass is 323 g/mol. The van der Waals surface area contributed by atoms with Gasteiger partial charge in [-0.05, 0) is 25.7 Å². The van der Waals surface area contributed by atoms with Gasteiger partial charge in [0.15, 0.2) is 0 Å². The maximum absolute atomic E-state index is 8.48. The Kier molecular flexibility index (Phi) is 17.9. The number of quaternary nitrogens is 1. The lowest BCUT2D eigenvalue weighted by Gasteiger charge is -2.39. The van der Waals surface area contributed by atoms with E-state index in [0.29, 0.717) is 0 Å². The minimum Gasteiger partial charge on any atom is -0.750 e. The Bertz CT molecular complexity index is 235. The van der Waals surface area contributed by atoms with E-state index in [9.17, 15) is 0 Å². The summed E-state index contributed by atoms with van der Waals surface area (Å²) >= 11 is 0. The highest BCUT2D eigenvalue weighted by molar-refractivity contribution is 7.66. The van der Waals surface area contributed by atoms with Crippen molar-refractivity contribution < 1.29 is 17.5 Å². The Balaban J connectivity index is 0. The largest absolute Gasteiger partial charge is 0.750 e. The second kappa shape index (κ2) is 16.2. The zero-order chi connectivity index (χ0) is 16.6. The number of unbranched alkanes of at least 4 members (excludes halogenated alkanes) is 4. The fourth-order valence-electron chi connectivity index (χ4n) is 2.64. The molecule has 0 unspecified atom stereocenters. The zero-order valence-electron chi connectivity index (χ0n) is 14.6. The van der Waals surface area contributed by atoms with E-state index in [1.807, 2.05) is 0 Å². The minimum absolute atomic E-state index is 1.35. The minimum atomic E-state index is -3.37. The second-order valence-corrected chi connectivity index (χ2v) is 6.32. The van der Waals surface area contributed by atoms with Crippen molar-refractivity contribution in [2.45, 2.75) is 79.1 Å². The molecule has 0 aliphatic heterocycles. The molecule has 0 heterocycles. The number of nitrogens with zero attached hydrogens (tertiary/aromatic N) is 1. The van der Waals surface area contributed by atoms with Crippen molar-refractivity contribution in [2.75, 3.05) is 26.2 Å². The molecule has 130 valence electrons. The molecular weight excluding hydrogens is 286 g/mol. The van der Waals surface area contributed by atoms with E-state index in [1.165, 1.54) is 82.0 Å².